The van der Waals surface area contributed by atoms with Crippen molar-refractivity contribution in [2.75, 3.05) is 5.32 Å². The highest BCUT2D eigenvalue weighted by molar-refractivity contribution is 6.36. The third-order valence-corrected chi connectivity index (χ3v) is 2.68. The first-order chi connectivity index (χ1) is 8.97. The third-order valence-electron chi connectivity index (χ3n) is 2.40. The molecule has 1 amide bonds. The number of carboxylic acid groups (broad SMARTS) is 1. The molecule has 1 aliphatic rings. The topological polar surface area (TPSA) is 88.0 Å². The van der Waals surface area contributed by atoms with Crippen LogP contribution in [-0.4, -0.2) is 28.8 Å². The molecule has 0 radical (unpaired) electrons. The zero-order valence-corrected chi connectivity index (χ0v) is 10.1. The molecule has 8 heteroatoms. The molecular formula is C11H8ClFN2O4. The SMILES string of the molecule is O=C(O)C1=NOC(C(=O)Nc2ccc(F)c(Cl)c2)C1. The summed E-state index contributed by atoms with van der Waals surface area (Å²) in [6.07, 6.45) is -1.15. The fourth-order valence-electron chi connectivity index (χ4n) is 1.44. The summed E-state index contributed by atoms with van der Waals surface area (Å²) in [4.78, 5) is 27.1. The van der Waals surface area contributed by atoms with Crippen molar-refractivity contribution in [2.45, 2.75) is 12.5 Å². The lowest BCUT2D eigenvalue weighted by Crippen LogP contribution is -2.28. The maximum absolute atomic E-state index is 12.9. The van der Waals surface area contributed by atoms with Crippen molar-refractivity contribution >= 4 is 34.9 Å². The number of amides is 1. The van der Waals surface area contributed by atoms with E-state index < -0.39 is 23.8 Å². The molecule has 19 heavy (non-hydrogen) atoms. The van der Waals surface area contributed by atoms with E-state index in [1.807, 2.05) is 0 Å². The number of benzene rings is 1. The quantitative estimate of drug-likeness (QED) is 0.884. The number of rotatable bonds is 3. The fraction of sp³-hybridized carbons (Fsp3) is 0.182. The van der Waals surface area contributed by atoms with Gasteiger partial charge in [0.15, 0.2) is 5.71 Å². The van der Waals surface area contributed by atoms with Crippen molar-refractivity contribution in [3.8, 4) is 0 Å². The van der Waals surface area contributed by atoms with Gasteiger partial charge in [0.05, 0.1) is 5.02 Å². The second-order valence-corrected chi connectivity index (χ2v) is 4.17. The van der Waals surface area contributed by atoms with Gasteiger partial charge in [0.25, 0.3) is 5.91 Å². The molecule has 6 nitrogen and oxygen atoms in total. The Labute approximate surface area is 111 Å². The highest BCUT2D eigenvalue weighted by Gasteiger charge is 2.31. The summed E-state index contributed by atoms with van der Waals surface area (Å²) in [5.41, 5.74) is 0.0565. The number of hydrogen-bond donors (Lipinski definition) is 2. The molecular weight excluding hydrogens is 279 g/mol. The van der Waals surface area contributed by atoms with Gasteiger partial charge >= 0.3 is 5.97 Å². The van der Waals surface area contributed by atoms with E-state index in [1.165, 1.54) is 12.1 Å². The summed E-state index contributed by atoms with van der Waals surface area (Å²) in [6.45, 7) is 0. The van der Waals surface area contributed by atoms with E-state index in [1.54, 1.807) is 0 Å². The number of carbonyl (C=O) groups is 2. The van der Waals surface area contributed by atoms with Crippen molar-refractivity contribution in [2.24, 2.45) is 5.16 Å². The van der Waals surface area contributed by atoms with Crippen molar-refractivity contribution in [3.05, 3.63) is 29.0 Å². The van der Waals surface area contributed by atoms with Crippen LogP contribution in [0.4, 0.5) is 10.1 Å². The minimum absolute atomic E-state index is 0.129. The molecule has 1 unspecified atom stereocenters. The summed E-state index contributed by atoms with van der Waals surface area (Å²) in [6, 6.07) is 3.67. The van der Waals surface area contributed by atoms with E-state index in [0.717, 1.165) is 6.07 Å². The lowest BCUT2D eigenvalue weighted by atomic mass is 10.1. The number of hydrogen-bond acceptors (Lipinski definition) is 4. The zero-order valence-electron chi connectivity index (χ0n) is 9.39. The molecule has 0 aliphatic carbocycles. The Morgan fingerprint density at radius 2 is 2.26 bits per heavy atom. The number of carbonyl (C=O) groups excluding carboxylic acids is 1. The molecule has 1 heterocycles. The van der Waals surface area contributed by atoms with Crippen LogP contribution < -0.4 is 5.32 Å². The molecule has 0 bridgehead atoms. The molecule has 1 atom stereocenters. The van der Waals surface area contributed by atoms with Gasteiger partial charge in [-0.25, -0.2) is 9.18 Å². The molecule has 1 aliphatic heterocycles. The van der Waals surface area contributed by atoms with Crippen molar-refractivity contribution in [1.29, 1.82) is 0 Å². The number of nitrogens with zero attached hydrogens (tertiary/aromatic N) is 1. The molecule has 0 spiro atoms. The Morgan fingerprint density at radius 3 is 2.84 bits per heavy atom. The van der Waals surface area contributed by atoms with Crippen LogP contribution in [0.1, 0.15) is 6.42 Å². The molecule has 0 saturated heterocycles. The van der Waals surface area contributed by atoms with Crippen molar-refractivity contribution < 1.29 is 23.9 Å². The minimum Gasteiger partial charge on any atom is -0.477 e. The number of aliphatic carboxylic acids is 1. The summed E-state index contributed by atoms with van der Waals surface area (Å²) in [5, 5.41) is 14.2. The van der Waals surface area contributed by atoms with Gasteiger partial charge in [-0.15, -0.1) is 0 Å². The monoisotopic (exact) mass is 286 g/mol. The van der Waals surface area contributed by atoms with Crippen LogP contribution in [0.25, 0.3) is 0 Å². The molecule has 2 N–H and O–H groups in total. The van der Waals surface area contributed by atoms with Gasteiger partial charge in [-0.2, -0.15) is 0 Å². The largest absolute Gasteiger partial charge is 0.477 e. The van der Waals surface area contributed by atoms with E-state index in [0.29, 0.717) is 0 Å². The predicted octanol–water partition coefficient (Wildman–Crippen LogP) is 1.65. The highest BCUT2D eigenvalue weighted by atomic mass is 35.5. The van der Waals surface area contributed by atoms with Crippen molar-refractivity contribution in [3.63, 3.8) is 0 Å². The standard InChI is InChI=1S/C11H8ClFN2O4/c12-6-3-5(1-2-7(6)13)14-10(16)9-4-8(11(17)18)15-19-9/h1-3,9H,4H2,(H,14,16)(H,17,18). The number of halogens is 2. The Balaban J connectivity index is 1.99. The fourth-order valence-corrected chi connectivity index (χ4v) is 1.62. The van der Waals surface area contributed by atoms with Gasteiger partial charge < -0.3 is 15.3 Å². The van der Waals surface area contributed by atoms with Crippen LogP contribution in [-0.2, 0) is 14.4 Å². The third kappa shape index (κ3) is 3.00. The molecule has 100 valence electrons. The van der Waals surface area contributed by atoms with Crippen LogP contribution in [0.5, 0.6) is 0 Å². The lowest BCUT2D eigenvalue weighted by Gasteiger charge is -2.09. The van der Waals surface area contributed by atoms with E-state index in [2.05, 4.69) is 10.5 Å². The molecule has 0 saturated carbocycles. The first-order valence-electron chi connectivity index (χ1n) is 5.19. The Morgan fingerprint density at radius 1 is 1.53 bits per heavy atom. The van der Waals surface area contributed by atoms with Crippen LogP contribution in [0.3, 0.4) is 0 Å². The lowest BCUT2D eigenvalue weighted by molar-refractivity contribution is -0.129. The molecule has 1 aromatic carbocycles. The number of anilines is 1. The average Bonchev–Trinajstić information content (AvgIpc) is 2.83. The first kappa shape index (κ1) is 13.3. The first-order valence-corrected chi connectivity index (χ1v) is 5.57. The van der Waals surface area contributed by atoms with Crippen molar-refractivity contribution in [1.82, 2.24) is 0 Å². The van der Waals surface area contributed by atoms with Gasteiger partial charge in [0.2, 0.25) is 6.10 Å². The predicted molar refractivity (Wildman–Crippen MR) is 64.6 cm³/mol. The Bertz CT molecular complexity index is 576. The summed E-state index contributed by atoms with van der Waals surface area (Å²) < 4.78 is 12.9. The van der Waals surface area contributed by atoms with Gasteiger partial charge in [-0.05, 0) is 18.2 Å². The maximum Gasteiger partial charge on any atom is 0.353 e. The number of oxime groups is 1. The Hall–Kier alpha value is -2.15. The molecule has 1 aromatic rings. The number of carboxylic acids is 1. The van der Waals surface area contributed by atoms with Gasteiger partial charge in [0.1, 0.15) is 5.82 Å². The van der Waals surface area contributed by atoms with Gasteiger partial charge in [-0.1, -0.05) is 16.8 Å². The summed E-state index contributed by atoms with van der Waals surface area (Å²) in [5.74, 6) is -2.42. The number of nitrogens with one attached hydrogen (secondary N) is 1. The molecule has 0 aromatic heterocycles. The van der Waals surface area contributed by atoms with E-state index in [4.69, 9.17) is 21.5 Å². The van der Waals surface area contributed by atoms with E-state index in [-0.39, 0.29) is 22.8 Å². The molecule has 2 rings (SSSR count). The summed E-state index contributed by atoms with van der Waals surface area (Å²) in [7, 11) is 0. The maximum atomic E-state index is 12.9. The summed E-state index contributed by atoms with van der Waals surface area (Å²) >= 11 is 5.56. The van der Waals surface area contributed by atoms with Crippen LogP contribution in [0, 0.1) is 5.82 Å². The van der Waals surface area contributed by atoms with Crippen LogP contribution >= 0.6 is 11.6 Å². The Kier molecular flexibility index (Phi) is 3.66. The second kappa shape index (κ2) is 5.23. The van der Waals surface area contributed by atoms with Crippen LogP contribution in [0.2, 0.25) is 5.02 Å². The zero-order chi connectivity index (χ0) is 14.0. The highest BCUT2D eigenvalue weighted by Crippen LogP contribution is 2.20. The smallest absolute Gasteiger partial charge is 0.353 e. The molecule has 0 fully saturated rings. The normalized spacial score (nSPS) is 17.6. The van der Waals surface area contributed by atoms with Gasteiger partial charge in [0, 0.05) is 12.1 Å². The minimum atomic E-state index is -1.24. The second-order valence-electron chi connectivity index (χ2n) is 3.76. The van der Waals surface area contributed by atoms with E-state index >= 15 is 0 Å². The van der Waals surface area contributed by atoms with Crippen LogP contribution in [0.15, 0.2) is 23.4 Å². The van der Waals surface area contributed by atoms with E-state index in [9.17, 15) is 14.0 Å². The average molecular weight is 287 g/mol. The van der Waals surface area contributed by atoms with Gasteiger partial charge in [-0.3, -0.25) is 4.79 Å².